The third-order valence-corrected chi connectivity index (χ3v) is 4.01. The monoisotopic (exact) mass is 357 g/mol. The molecular formula is C18H19N3O5. The van der Waals surface area contributed by atoms with Crippen LogP contribution in [0.4, 0.5) is 0 Å². The molecule has 0 spiro atoms. The number of nitriles is 1. The number of ether oxygens (including phenoxy) is 1. The van der Waals surface area contributed by atoms with Crippen LogP contribution in [-0.4, -0.2) is 59.7 Å². The van der Waals surface area contributed by atoms with Crippen LogP contribution in [0.2, 0.25) is 0 Å². The number of hydrogen-bond donors (Lipinski definition) is 0. The van der Waals surface area contributed by atoms with E-state index in [2.05, 4.69) is 0 Å². The average molecular weight is 357 g/mol. The van der Waals surface area contributed by atoms with Gasteiger partial charge in [-0.05, 0) is 19.1 Å². The summed E-state index contributed by atoms with van der Waals surface area (Å²) in [6.07, 6.45) is -1.03. The van der Waals surface area contributed by atoms with Crippen LogP contribution in [0.5, 0.6) is 0 Å². The van der Waals surface area contributed by atoms with E-state index in [0.717, 1.165) is 4.90 Å². The molecule has 0 saturated heterocycles. The van der Waals surface area contributed by atoms with Crippen molar-refractivity contribution in [3.05, 3.63) is 35.4 Å². The smallest absolute Gasteiger partial charge is 0.308 e. The lowest BCUT2D eigenvalue weighted by molar-refractivity contribution is -0.158. The van der Waals surface area contributed by atoms with E-state index in [1.54, 1.807) is 24.3 Å². The van der Waals surface area contributed by atoms with Crippen molar-refractivity contribution in [3.8, 4) is 6.07 Å². The Kier molecular flexibility index (Phi) is 6.07. The highest BCUT2D eigenvalue weighted by molar-refractivity contribution is 6.21. The summed E-state index contributed by atoms with van der Waals surface area (Å²) in [5.41, 5.74) is 0.627. The second kappa shape index (κ2) is 8.25. The highest BCUT2D eigenvalue weighted by Gasteiger charge is 2.35. The molecule has 2 rings (SSSR count). The Morgan fingerprint density at radius 2 is 1.81 bits per heavy atom. The topological polar surface area (TPSA) is 108 Å². The molecule has 0 fully saturated rings. The van der Waals surface area contributed by atoms with E-state index in [1.807, 2.05) is 6.07 Å². The van der Waals surface area contributed by atoms with Gasteiger partial charge < -0.3 is 9.64 Å². The fraction of sp³-hybridized carbons (Fsp3) is 0.389. The third-order valence-electron chi connectivity index (χ3n) is 4.01. The van der Waals surface area contributed by atoms with Crippen LogP contribution < -0.4 is 0 Å². The minimum atomic E-state index is -1.01. The highest BCUT2D eigenvalue weighted by Crippen LogP contribution is 2.22. The lowest BCUT2D eigenvalue weighted by Gasteiger charge is -2.21. The van der Waals surface area contributed by atoms with Gasteiger partial charge in [0.15, 0.2) is 6.10 Å². The van der Waals surface area contributed by atoms with Gasteiger partial charge >= 0.3 is 5.97 Å². The molecule has 1 heterocycles. The maximum atomic E-state index is 12.2. The normalized spacial score (nSPS) is 13.8. The van der Waals surface area contributed by atoms with Crippen molar-refractivity contribution in [2.24, 2.45) is 0 Å². The Bertz CT molecular complexity index is 748. The van der Waals surface area contributed by atoms with Gasteiger partial charge in [0, 0.05) is 20.1 Å². The van der Waals surface area contributed by atoms with Gasteiger partial charge in [-0.25, -0.2) is 0 Å². The summed E-state index contributed by atoms with van der Waals surface area (Å²) in [7, 11) is 1.52. The highest BCUT2D eigenvalue weighted by atomic mass is 16.5. The molecule has 1 aromatic carbocycles. The molecular weight excluding hydrogens is 338 g/mol. The Balaban J connectivity index is 1.86. The summed E-state index contributed by atoms with van der Waals surface area (Å²) >= 11 is 0. The second-order valence-electron chi connectivity index (χ2n) is 5.86. The number of hydrogen-bond acceptors (Lipinski definition) is 6. The molecule has 8 heteroatoms. The van der Waals surface area contributed by atoms with Crippen LogP contribution >= 0.6 is 0 Å². The molecule has 3 amide bonds. The van der Waals surface area contributed by atoms with E-state index in [4.69, 9.17) is 10.00 Å². The number of esters is 1. The molecule has 1 aromatic rings. The lowest BCUT2D eigenvalue weighted by atomic mass is 10.1. The van der Waals surface area contributed by atoms with E-state index in [1.165, 1.54) is 18.9 Å². The fourth-order valence-corrected chi connectivity index (χ4v) is 2.59. The zero-order chi connectivity index (χ0) is 19.3. The van der Waals surface area contributed by atoms with Crippen LogP contribution in [0.15, 0.2) is 24.3 Å². The number of carbonyl (C=O) groups excluding carboxylic acids is 4. The zero-order valence-electron chi connectivity index (χ0n) is 14.6. The maximum Gasteiger partial charge on any atom is 0.308 e. The Labute approximate surface area is 150 Å². The van der Waals surface area contributed by atoms with Gasteiger partial charge in [0.05, 0.1) is 30.0 Å². The van der Waals surface area contributed by atoms with E-state index < -0.39 is 29.8 Å². The van der Waals surface area contributed by atoms with Gasteiger partial charge in [-0.1, -0.05) is 12.1 Å². The van der Waals surface area contributed by atoms with Crippen LogP contribution in [0.3, 0.4) is 0 Å². The lowest BCUT2D eigenvalue weighted by Crippen LogP contribution is -2.38. The van der Waals surface area contributed by atoms with Crippen LogP contribution in [0.1, 0.15) is 40.5 Å². The first-order valence-corrected chi connectivity index (χ1v) is 8.13. The standard InChI is InChI=1S/C18H19N3O5/c1-12(16(23)20(2)10-5-9-19)26-15(22)8-11-21-17(24)13-6-3-4-7-14(13)18(21)25/h3-4,6-7,12H,5,8,10-11H2,1-2H3/t12-/m1/s1. The molecule has 0 radical (unpaired) electrons. The van der Waals surface area contributed by atoms with Crippen molar-refractivity contribution in [1.82, 2.24) is 9.80 Å². The molecule has 0 N–H and O–H groups in total. The summed E-state index contributed by atoms with van der Waals surface area (Å²) in [5, 5.41) is 8.53. The number of benzene rings is 1. The molecule has 0 saturated carbocycles. The van der Waals surface area contributed by atoms with Crippen LogP contribution in [-0.2, 0) is 14.3 Å². The Hall–Kier alpha value is -3.21. The fourth-order valence-electron chi connectivity index (χ4n) is 2.59. The summed E-state index contributed by atoms with van der Waals surface area (Å²) in [4.78, 5) is 50.7. The maximum absolute atomic E-state index is 12.2. The minimum absolute atomic E-state index is 0.115. The largest absolute Gasteiger partial charge is 0.452 e. The molecule has 0 aromatic heterocycles. The molecule has 1 aliphatic rings. The summed E-state index contributed by atoms with van der Waals surface area (Å²) in [6, 6.07) is 8.38. The quantitative estimate of drug-likeness (QED) is 0.532. The predicted octanol–water partition coefficient (Wildman–Crippen LogP) is 0.976. The average Bonchev–Trinajstić information content (AvgIpc) is 2.88. The van der Waals surface area contributed by atoms with Crippen molar-refractivity contribution >= 4 is 23.7 Å². The first kappa shape index (κ1) is 19.1. The molecule has 0 unspecified atom stereocenters. The van der Waals surface area contributed by atoms with Crippen LogP contribution in [0.25, 0.3) is 0 Å². The Morgan fingerprint density at radius 1 is 1.23 bits per heavy atom. The number of fused-ring (bicyclic) bond motifs is 1. The molecule has 26 heavy (non-hydrogen) atoms. The second-order valence-corrected chi connectivity index (χ2v) is 5.86. The third kappa shape index (κ3) is 4.06. The predicted molar refractivity (Wildman–Crippen MR) is 89.8 cm³/mol. The van der Waals surface area contributed by atoms with E-state index >= 15 is 0 Å². The summed E-state index contributed by atoms with van der Waals surface area (Å²) in [6.45, 7) is 1.56. The number of nitrogens with zero attached hydrogens (tertiary/aromatic N) is 3. The van der Waals surface area contributed by atoms with Crippen molar-refractivity contribution in [2.75, 3.05) is 20.1 Å². The van der Waals surface area contributed by atoms with Gasteiger partial charge in [-0.15, -0.1) is 0 Å². The molecule has 0 bridgehead atoms. The van der Waals surface area contributed by atoms with Gasteiger partial charge in [-0.2, -0.15) is 5.26 Å². The van der Waals surface area contributed by atoms with Gasteiger partial charge in [0.1, 0.15) is 0 Å². The molecule has 0 aliphatic carbocycles. The number of rotatable bonds is 7. The minimum Gasteiger partial charge on any atom is -0.452 e. The first-order valence-electron chi connectivity index (χ1n) is 8.13. The zero-order valence-corrected chi connectivity index (χ0v) is 14.6. The van der Waals surface area contributed by atoms with Crippen molar-refractivity contribution < 1.29 is 23.9 Å². The van der Waals surface area contributed by atoms with E-state index in [-0.39, 0.29) is 25.9 Å². The van der Waals surface area contributed by atoms with Gasteiger partial charge in [-0.3, -0.25) is 24.1 Å². The number of carbonyl (C=O) groups is 4. The SMILES string of the molecule is C[C@@H](OC(=O)CCN1C(=O)c2ccccc2C1=O)C(=O)N(C)CCC#N. The van der Waals surface area contributed by atoms with Crippen molar-refractivity contribution in [1.29, 1.82) is 5.26 Å². The molecule has 1 aliphatic heterocycles. The van der Waals surface area contributed by atoms with Gasteiger partial charge in [0.2, 0.25) is 0 Å². The Morgan fingerprint density at radius 3 is 2.35 bits per heavy atom. The first-order chi connectivity index (χ1) is 12.4. The number of likely N-dealkylation sites (N-methyl/N-ethyl adjacent to an activating group) is 1. The van der Waals surface area contributed by atoms with Gasteiger partial charge in [0.25, 0.3) is 17.7 Å². The molecule has 8 nitrogen and oxygen atoms in total. The van der Waals surface area contributed by atoms with Crippen molar-refractivity contribution in [3.63, 3.8) is 0 Å². The van der Waals surface area contributed by atoms with Crippen molar-refractivity contribution in [2.45, 2.75) is 25.9 Å². The summed E-state index contributed by atoms with van der Waals surface area (Å²) < 4.78 is 5.06. The summed E-state index contributed by atoms with van der Waals surface area (Å²) in [5.74, 6) is -2.00. The van der Waals surface area contributed by atoms with E-state index in [0.29, 0.717) is 11.1 Å². The molecule has 1 atom stereocenters. The number of imide groups is 1. The number of amides is 3. The van der Waals surface area contributed by atoms with E-state index in [9.17, 15) is 19.2 Å². The van der Waals surface area contributed by atoms with Crippen LogP contribution in [0, 0.1) is 11.3 Å². The molecule has 136 valence electrons.